The van der Waals surface area contributed by atoms with Crippen molar-refractivity contribution in [3.8, 4) is 5.75 Å². The molecule has 0 aliphatic rings. The number of benzene rings is 1. The molecule has 0 saturated carbocycles. The molecule has 0 saturated heterocycles. The molecule has 0 aliphatic heterocycles. The highest BCUT2D eigenvalue weighted by Gasteiger charge is 2.23. The SMILES string of the molecule is C=CC(F)(F)CCOc1ccc(C)cc1C. The van der Waals surface area contributed by atoms with E-state index in [0.717, 1.165) is 11.1 Å². The van der Waals surface area contributed by atoms with Crippen molar-refractivity contribution >= 4 is 0 Å². The molecule has 0 N–H and O–H groups in total. The van der Waals surface area contributed by atoms with Gasteiger partial charge in [-0.1, -0.05) is 24.3 Å². The van der Waals surface area contributed by atoms with Gasteiger partial charge in [0.2, 0.25) is 0 Å². The zero-order valence-corrected chi connectivity index (χ0v) is 9.59. The van der Waals surface area contributed by atoms with E-state index in [0.29, 0.717) is 11.8 Å². The van der Waals surface area contributed by atoms with Crippen LogP contribution >= 0.6 is 0 Å². The van der Waals surface area contributed by atoms with Gasteiger partial charge in [0.25, 0.3) is 5.92 Å². The average Bonchev–Trinajstić information content (AvgIpc) is 2.21. The van der Waals surface area contributed by atoms with Crippen LogP contribution in [0.15, 0.2) is 30.9 Å². The van der Waals surface area contributed by atoms with Crippen LogP contribution < -0.4 is 4.74 Å². The van der Waals surface area contributed by atoms with E-state index in [9.17, 15) is 8.78 Å². The highest BCUT2D eigenvalue weighted by Crippen LogP contribution is 2.22. The molecule has 0 unspecified atom stereocenters. The van der Waals surface area contributed by atoms with Crippen LogP contribution in [0.4, 0.5) is 8.78 Å². The zero-order valence-electron chi connectivity index (χ0n) is 9.59. The summed E-state index contributed by atoms with van der Waals surface area (Å²) in [5, 5.41) is 0. The maximum absolute atomic E-state index is 12.8. The van der Waals surface area contributed by atoms with Gasteiger partial charge in [0.05, 0.1) is 6.61 Å². The summed E-state index contributed by atoms with van der Waals surface area (Å²) in [5.41, 5.74) is 2.09. The van der Waals surface area contributed by atoms with Crippen LogP contribution in [0.1, 0.15) is 17.5 Å². The maximum Gasteiger partial charge on any atom is 0.269 e. The molecular formula is C13H16F2O. The molecule has 1 aromatic carbocycles. The summed E-state index contributed by atoms with van der Waals surface area (Å²) in [6, 6.07) is 5.66. The molecule has 0 bridgehead atoms. The lowest BCUT2D eigenvalue weighted by Gasteiger charge is -2.13. The third-order valence-electron chi connectivity index (χ3n) is 2.32. The standard InChI is InChI=1S/C13H16F2O/c1-4-13(14,15)7-8-16-12-6-5-10(2)9-11(12)3/h4-6,9H,1,7-8H2,2-3H3. The summed E-state index contributed by atoms with van der Waals surface area (Å²) in [6.07, 6.45) is 0.308. The van der Waals surface area contributed by atoms with Gasteiger partial charge in [-0.2, -0.15) is 0 Å². The van der Waals surface area contributed by atoms with Crippen LogP contribution in [-0.2, 0) is 0 Å². The molecule has 0 amide bonds. The monoisotopic (exact) mass is 226 g/mol. The van der Waals surface area contributed by atoms with Crippen molar-refractivity contribution < 1.29 is 13.5 Å². The fraction of sp³-hybridized carbons (Fsp3) is 0.385. The van der Waals surface area contributed by atoms with Crippen molar-refractivity contribution in [2.75, 3.05) is 6.61 Å². The fourth-order valence-electron chi connectivity index (χ4n) is 1.36. The molecule has 0 radical (unpaired) electrons. The van der Waals surface area contributed by atoms with Gasteiger partial charge in [0, 0.05) is 6.42 Å². The summed E-state index contributed by atoms with van der Waals surface area (Å²) in [6.45, 7) is 6.94. The van der Waals surface area contributed by atoms with Crippen LogP contribution in [-0.4, -0.2) is 12.5 Å². The number of rotatable bonds is 5. The van der Waals surface area contributed by atoms with E-state index in [1.807, 2.05) is 26.0 Å². The number of hydrogen-bond acceptors (Lipinski definition) is 1. The van der Waals surface area contributed by atoms with Gasteiger partial charge in [-0.05, 0) is 31.6 Å². The Morgan fingerprint density at radius 2 is 2.06 bits per heavy atom. The number of alkyl halides is 2. The number of allylic oxidation sites excluding steroid dienone is 1. The van der Waals surface area contributed by atoms with Gasteiger partial charge >= 0.3 is 0 Å². The van der Waals surface area contributed by atoms with Crippen LogP contribution in [0.25, 0.3) is 0 Å². The van der Waals surface area contributed by atoms with Gasteiger partial charge in [0.1, 0.15) is 5.75 Å². The smallest absolute Gasteiger partial charge is 0.269 e. The van der Waals surface area contributed by atoms with Crippen LogP contribution in [0.3, 0.4) is 0 Å². The average molecular weight is 226 g/mol. The van der Waals surface area contributed by atoms with Crippen molar-refractivity contribution in [1.29, 1.82) is 0 Å². The molecule has 88 valence electrons. The molecule has 0 atom stereocenters. The Bertz CT molecular complexity index is 372. The quantitative estimate of drug-likeness (QED) is 0.692. The lowest BCUT2D eigenvalue weighted by Crippen LogP contribution is -2.16. The second-order valence-corrected chi connectivity index (χ2v) is 3.83. The highest BCUT2D eigenvalue weighted by molar-refractivity contribution is 5.35. The molecule has 1 rings (SSSR count). The van der Waals surface area contributed by atoms with E-state index in [-0.39, 0.29) is 13.0 Å². The zero-order chi connectivity index (χ0) is 12.2. The first kappa shape index (κ1) is 12.7. The molecule has 0 heterocycles. The summed E-state index contributed by atoms with van der Waals surface area (Å²) >= 11 is 0. The van der Waals surface area contributed by atoms with Crippen LogP contribution in [0.2, 0.25) is 0 Å². The van der Waals surface area contributed by atoms with E-state index in [4.69, 9.17) is 4.74 Å². The fourth-order valence-corrected chi connectivity index (χ4v) is 1.36. The third-order valence-corrected chi connectivity index (χ3v) is 2.32. The Hall–Kier alpha value is -1.38. The second-order valence-electron chi connectivity index (χ2n) is 3.83. The normalized spacial score (nSPS) is 11.2. The van der Waals surface area contributed by atoms with Crippen LogP contribution in [0.5, 0.6) is 5.75 Å². The van der Waals surface area contributed by atoms with Gasteiger partial charge in [0.15, 0.2) is 0 Å². The minimum atomic E-state index is -2.85. The van der Waals surface area contributed by atoms with Gasteiger partial charge in [-0.15, -0.1) is 0 Å². The van der Waals surface area contributed by atoms with Gasteiger partial charge < -0.3 is 4.74 Å². The number of aryl methyl sites for hydroxylation is 2. The largest absolute Gasteiger partial charge is 0.493 e. The molecule has 3 heteroatoms. The molecule has 0 aromatic heterocycles. The molecule has 1 nitrogen and oxygen atoms in total. The van der Waals surface area contributed by atoms with E-state index in [1.165, 1.54) is 0 Å². The molecule has 0 spiro atoms. The maximum atomic E-state index is 12.8. The molecule has 0 aliphatic carbocycles. The molecule has 16 heavy (non-hydrogen) atoms. The van der Waals surface area contributed by atoms with Gasteiger partial charge in [-0.25, -0.2) is 8.78 Å². The first-order chi connectivity index (χ1) is 7.44. The Labute approximate surface area is 94.7 Å². The Kier molecular flexibility index (Phi) is 4.05. The number of halogens is 2. The van der Waals surface area contributed by atoms with Crippen molar-refractivity contribution in [1.82, 2.24) is 0 Å². The van der Waals surface area contributed by atoms with Crippen molar-refractivity contribution in [3.63, 3.8) is 0 Å². The first-order valence-electron chi connectivity index (χ1n) is 5.16. The third kappa shape index (κ3) is 3.65. The Morgan fingerprint density at radius 3 is 2.62 bits per heavy atom. The number of ether oxygens (including phenoxy) is 1. The second kappa shape index (κ2) is 5.10. The highest BCUT2D eigenvalue weighted by atomic mass is 19.3. The summed E-state index contributed by atoms with van der Waals surface area (Å²) < 4.78 is 30.9. The molecule has 1 aromatic rings. The summed E-state index contributed by atoms with van der Waals surface area (Å²) in [5.74, 6) is -2.19. The topological polar surface area (TPSA) is 9.23 Å². The van der Waals surface area contributed by atoms with Gasteiger partial charge in [-0.3, -0.25) is 0 Å². The van der Waals surface area contributed by atoms with E-state index < -0.39 is 5.92 Å². The Balaban J connectivity index is 2.52. The van der Waals surface area contributed by atoms with Crippen molar-refractivity contribution in [3.05, 3.63) is 42.0 Å². The first-order valence-corrected chi connectivity index (χ1v) is 5.16. The van der Waals surface area contributed by atoms with Crippen molar-refractivity contribution in [2.24, 2.45) is 0 Å². The molecule has 0 fully saturated rings. The summed E-state index contributed by atoms with van der Waals surface area (Å²) in [7, 11) is 0. The Morgan fingerprint density at radius 1 is 1.38 bits per heavy atom. The van der Waals surface area contributed by atoms with E-state index >= 15 is 0 Å². The minimum Gasteiger partial charge on any atom is -0.493 e. The van der Waals surface area contributed by atoms with Crippen LogP contribution in [0, 0.1) is 13.8 Å². The van der Waals surface area contributed by atoms with E-state index in [2.05, 4.69) is 6.58 Å². The van der Waals surface area contributed by atoms with Crippen molar-refractivity contribution in [2.45, 2.75) is 26.2 Å². The summed E-state index contributed by atoms with van der Waals surface area (Å²) in [4.78, 5) is 0. The minimum absolute atomic E-state index is 0.0110. The predicted molar refractivity (Wildman–Crippen MR) is 61.2 cm³/mol. The lowest BCUT2D eigenvalue weighted by molar-refractivity contribution is 0.0315. The number of hydrogen-bond donors (Lipinski definition) is 0. The lowest BCUT2D eigenvalue weighted by atomic mass is 10.1. The van der Waals surface area contributed by atoms with E-state index in [1.54, 1.807) is 6.07 Å². The molecular weight excluding hydrogens is 210 g/mol. The predicted octanol–water partition coefficient (Wildman–Crippen LogP) is 3.89.